The monoisotopic (exact) mass is 230 g/mol. The molecule has 1 aliphatic rings. The predicted octanol–water partition coefficient (Wildman–Crippen LogP) is 1.98. The first-order valence-electron chi connectivity index (χ1n) is 5.02. The summed E-state index contributed by atoms with van der Waals surface area (Å²) >= 11 is 0. The number of piperazine rings is 1. The molecule has 1 atom stereocenters. The Morgan fingerprint density at radius 2 is 1.73 bits per heavy atom. The minimum atomic E-state index is -0.946. The Morgan fingerprint density at radius 1 is 1.13 bits per heavy atom. The molecule has 15 heavy (non-hydrogen) atoms. The molecular weight excluding hydrogens is 215 g/mol. The molecule has 1 unspecified atom stereocenters. The molecule has 0 bridgehead atoms. The van der Waals surface area contributed by atoms with Gasteiger partial charge >= 0.3 is 0 Å². The fourth-order valence-electron chi connectivity index (χ4n) is 1.73. The molecule has 84 valence electrons. The van der Waals surface area contributed by atoms with Gasteiger partial charge in [0.05, 0.1) is 0 Å². The molecular formula is C11H16ClFN2. The second-order valence-electron chi connectivity index (χ2n) is 3.53. The summed E-state index contributed by atoms with van der Waals surface area (Å²) in [5.74, 6) is 0. The topological polar surface area (TPSA) is 15.3 Å². The van der Waals surface area contributed by atoms with Gasteiger partial charge in [-0.1, -0.05) is 30.3 Å². The molecule has 0 spiro atoms. The highest BCUT2D eigenvalue weighted by Crippen LogP contribution is 2.21. The van der Waals surface area contributed by atoms with E-state index in [2.05, 4.69) is 5.32 Å². The zero-order chi connectivity index (χ0) is 9.80. The molecule has 0 aliphatic carbocycles. The molecule has 1 aromatic rings. The summed E-state index contributed by atoms with van der Waals surface area (Å²) in [6, 6.07) is 9.35. The molecule has 1 N–H and O–H groups in total. The van der Waals surface area contributed by atoms with Crippen molar-refractivity contribution in [2.45, 2.75) is 6.30 Å². The van der Waals surface area contributed by atoms with E-state index in [4.69, 9.17) is 0 Å². The third kappa shape index (κ3) is 3.16. The minimum absolute atomic E-state index is 0. The number of nitrogens with one attached hydrogen (secondary N) is 1. The number of alkyl halides is 1. The third-order valence-corrected chi connectivity index (χ3v) is 2.55. The molecule has 0 amide bonds. The summed E-state index contributed by atoms with van der Waals surface area (Å²) in [6.45, 7) is 3.34. The average molecular weight is 231 g/mol. The molecule has 1 saturated heterocycles. The highest BCUT2D eigenvalue weighted by molar-refractivity contribution is 5.85. The van der Waals surface area contributed by atoms with Crippen LogP contribution in [0.25, 0.3) is 0 Å². The zero-order valence-corrected chi connectivity index (χ0v) is 9.34. The summed E-state index contributed by atoms with van der Waals surface area (Å²) in [6.07, 6.45) is -0.946. The lowest BCUT2D eigenvalue weighted by atomic mass is 10.2. The van der Waals surface area contributed by atoms with Crippen molar-refractivity contribution in [1.29, 1.82) is 0 Å². The van der Waals surface area contributed by atoms with E-state index in [9.17, 15) is 4.39 Å². The van der Waals surface area contributed by atoms with E-state index in [-0.39, 0.29) is 12.4 Å². The van der Waals surface area contributed by atoms with Crippen LogP contribution in [-0.2, 0) is 0 Å². The zero-order valence-electron chi connectivity index (χ0n) is 8.53. The van der Waals surface area contributed by atoms with Gasteiger partial charge in [0.15, 0.2) is 6.30 Å². The smallest absolute Gasteiger partial charge is 0.179 e. The van der Waals surface area contributed by atoms with Crippen LogP contribution in [-0.4, -0.2) is 31.1 Å². The number of halogens is 2. The van der Waals surface area contributed by atoms with Crippen LogP contribution in [0.5, 0.6) is 0 Å². The lowest BCUT2D eigenvalue weighted by Gasteiger charge is -2.30. The van der Waals surface area contributed by atoms with Crippen LogP contribution >= 0.6 is 12.4 Å². The van der Waals surface area contributed by atoms with Crippen molar-refractivity contribution in [3.05, 3.63) is 35.9 Å². The Morgan fingerprint density at radius 3 is 2.33 bits per heavy atom. The number of rotatable bonds is 2. The third-order valence-electron chi connectivity index (χ3n) is 2.55. The summed E-state index contributed by atoms with van der Waals surface area (Å²) in [4.78, 5) is 1.87. The largest absolute Gasteiger partial charge is 0.314 e. The van der Waals surface area contributed by atoms with Gasteiger partial charge in [0.2, 0.25) is 0 Å². The Balaban J connectivity index is 0.00000112. The van der Waals surface area contributed by atoms with Crippen LogP contribution < -0.4 is 5.32 Å². The molecule has 1 fully saturated rings. The van der Waals surface area contributed by atoms with Gasteiger partial charge in [0, 0.05) is 31.7 Å². The predicted molar refractivity (Wildman–Crippen MR) is 62.0 cm³/mol. The summed E-state index contributed by atoms with van der Waals surface area (Å²) in [5.41, 5.74) is 0.759. The number of hydrogen-bond acceptors (Lipinski definition) is 2. The van der Waals surface area contributed by atoms with E-state index >= 15 is 0 Å². The summed E-state index contributed by atoms with van der Waals surface area (Å²) in [5, 5.41) is 3.21. The van der Waals surface area contributed by atoms with Gasteiger partial charge in [0.25, 0.3) is 0 Å². The molecule has 1 heterocycles. The van der Waals surface area contributed by atoms with Crippen LogP contribution in [0.1, 0.15) is 11.9 Å². The standard InChI is InChI=1S/C11H15FN2.ClH/c12-11(10-4-2-1-3-5-10)14-8-6-13-7-9-14;/h1-5,11,13H,6-9H2;1H. The molecule has 0 radical (unpaired) electrons. The fourth-order valence-corrected chi connectivity index (χ4v) is 1.73. The van der Waals surface area contributed by atoms with Gasteiger partial charge in [-0.25, -0.2) is 4.39 Å². The first-order valence-corrected chi connectivity index (χ1v) is 5.02. The van der Waals surface area contributed by atoms with Crippen molar-refractivity contribution in [2.24, 2.45) is 0 Å². The highest BCUT2D eigenvalue weighted by Gasteiger charge is 2.20. The van der Waals surface area contributed by atoms with Crippen molar-refractivity contribution < 1.29 is 4.39 Å². The highest BCUT2D eigenvalue weighted by atomic mass is 35.5. The molecule has 0 saturated carbocycles. The maximum atomic E-state index is 13.9. The first kappa shape index (κ1) is 12.4. The van der Waals surface area contributed by atoms with E-state index in [1.54, 1.807) is 0 Å². The molecule has 2 nitrogen and oxygen atoms in total. The van der Waals surface area contributed by atoms with Crippen molar-refractivity contribution in [1.82, 2.24) is 10.2 Å². The van der Waals surface area contributed by atoms with E-state index in [0.29, 0.717) is 0 Å². The fraction of sp³-hybridized carbons (Fsp3) is 0.455. The van der Waals surface area contributed by atoms with Crippen molar-refractivity contribution in [3.63, 3.8) is 0 Å². The van der Waals surface area contributed by atoms with Crippen molar-refractivity contribution in [3.8, 4) is 0 Å². The Hall–Kier alpha value is -0.640. The summed E-state index contributed by atoms with van der Waals surface area (Å²) < 4.78 is 13.9. The van der Waals surface area contributed by atoms with Crippen LogP contribution in [0.3, 0.4) is 0 Å². The molecule has 0 aromatic heterocycles. The molecule has 1 aromatic carbocycles. The van der Waals surface area contributed by atoms with Crippen LogP contribution in [0, 0.1) is 0 Å². The van der Waals surface area contributed by atoms with Gasteiger partial charge in [0.1, 0.15) is 0 Å². The molecule has 1 aliphatic heterocycles. The van der Waals surface area contributed by atoms with E-state index in [1.165, 1.54) is 0 Å². The minimum Gasteiger partial charge on any atom is -0.314 e. The first-order chi connectivity index (χ1) is 6.88. The van der Waals surface area contributed by atoms with Crippen LogP contribution in [0.4, 0.5) is 4.39 Å². The molecule has 2 rings (SSSR count). The van der Waals surface area contributed by atoms with Crippen molar-refractivity contribution in [2.75, 3.05) is 26.2 Å². The SMILES string of the molecule is Cl.FC(c1ccccc1)N1CCNCC1. The Labute approximate surface area is 95.9 Å². The van der Waals surface area contributed by atoms with Gasteiger partial charge < -0.3 is 5.32 Å². The molecule has 4 heteroatoms. The lowest BCUT2D eigenvalue weighted by Crippen LogP contribution is -2.44. The van der Waals surface area contributed by atoms with Gasteiger partial charge in [-0.3, -0.25) is 4.90 Å². The maximum absolute atomic E-state index is 13.9. The quantitative estimate of drug-likeness (QED) is 0.782. The van der Waals surface area contributed by atoms with Gasteiger partial charge in [-0.15, -0.1) is 12.4 Å². The van der Waals surface area contributed by atoms with Gasteiger partial charge in [-0.2, -0.15) is 0 Å². The number of nitrogens with zero attached hydrogens (tertiary/aromatic N) is 1. The Kier molecular flexibility index (Phi) is 5.02. The maximum Gasteiger partial charge on any atom is 0.179 e. The second kappa shape index (κ2) is 6.05. The van der Waals surface area contributed by atoms with Crippen LogP contribution in [0.2, 0.25) is 0 Å². The van der Waals surface area contributed by atoms with E-state index < -0.39 is 6.30 Å². The number of hydrogen-bond donors (Lipinski definition) is 1. The van der Waals surface area contributed by atoms with E-state index in [0.717, 1.165) is 31.7 Å². The second-order valence-corrected chi connectivity index (χ2v) is 3.53. The van der Waals surface area contributed by atoms with E-state index in [1.807, 2.05) is 35.2 Å². The summed E-state index contributed by atoms with van der Waals surface area (Å²) in [7, 11) is 0. The van der Waals surface area contributed by atoms with Crippen LogP contribution in [0.15, 0.2) is 30.3 Å². The van der Waals surface area contributed by atoms with Gasteiger partial charge in [-0.05, 0) is 0 Å². The number of benzene rings is 1. The Bertz CT molecular complexity index is 275. The van der Waals surface area contributed by atoms with Crippen molar-refractivity contribution >= 4 is 12.4 Å². The lowest BCUT2D eigenvalue weighted by molar-refractivity contribution is 0.0699. The average Bonchev–Trinajstić information content (AvgIpc) is 2.30. The normalized spacial score (nSPS) is 19.3.